The summed E-state index contributed by atoms with van der Waals surface area (Å²) in [7, 11) is 0. The lowest BCUT2D eigenvalue weighted by molar-refractivity contribution is 0.718. The maximum atomic E-state index is 9.29. The molecule has 78 valence electrons. The standard InChI is InChI=1S/C12H8N2S2/c13-8-12(9-14,11-4-2-6-16-11)7-10-3-1-5-15-10/h1-6H,7H2. The van der Waals surface area contributed by atoms with Gasteiger partial charge in [-0.1, -0.05) is 12.1 Å². The lowest BCUT2D eigenvalue weighted by Gasteiger charge is -2.15. The normalized spacial score (nSPS) is 10.6. The van der Waals surface area contributed by atoms with Gasteiger partial charge in [0, 0.05) is 16.2 Å². The maximum absolute atomic E-state index is 9.29. The number of nitriles is 2. The first kappa shape index (κ1) is 10.9. The third-order valence-corrected chi connectivity index (χ3v) is 4.25. The van der Waals surface area contributed by atoms with Crippen molar-refractivity contribution in [2.24, 2.45) is 0 Å². The Labute approximate surface area is 102 Å². The molecule has 2 aromatic heterocycles. The third-order valence-electron chi connectivity index (χ3n) is 2.34. The Kier molecular flexibility index (Phi) is 3.05. The molecule has 0 fully saturated rings. The summed E-state index contributed by atoms with van der Waals surface area (Å²) in [6.07, 6.45) is 0.470. The molecule has 0 aliphatic carbocycles. The fourth-order valence-electron chi connectivity index (χ4n) is 1.50. The molecule has 2 rings (SSSR count). The summed E-state index contributed by atoms with van der Waals surface area (Å²) in [5.74, 6) is 0. The predicted octanol–water partition coefficient (Wildman–Crippen LogP) is 3.34. The zero-order chi connectivity index (χ0) is 11.4. The lowest BCUT2D eigenvalue weighted by atomic mass is 9.85. The SMILES string of the molecule is N#CC(C#N)(Cc1cccs1)c1cccs1. The summed E-state index contributed by atoms with van der Waals surface area (Å²) in [6, 6.07) is 11.9. The van der Waals surface area contributed by atoms with Crippen LogP contribution in [0.25, 0.3) is 0 Å². The highest BCUT2D eigenvalue weighted by Gasteiger charge is 2.34. The molecule has 2 heterocycles. The first-order valence-corrected chi connectivity index (χ1v) is 6.45. The molecule has 0 aliphatic heterocycles. The Bertz CT molecular complexity index is 513. The van der Waals surface area contributed by atoms with Crippen molar-refractivity contribution in [3.05, 3.63) is 44.8 Å². The zero-order valence-electron chi connectivity index (χ0n) is 8.38. The molecule has 4 heteroatoms. The van der Waals surface area contributed by atoms with Crippen molar-refractivity contribution < 1.29 is 0 Å². The molecule has 0 aliphatic rings. The van der Waals surface area contributed by atoms with E-state index in [0.717, 1.165) is 9.75 Å². The molecule has 0 spiro atoms. The van der Waals surface area contributed by atoms with Crippen molar-refractivity contribution in [2.75, 3.05) is 0 Å². The summed E-state index contributed by atoms with van der Waals surface area (Å²) < 4.78 is 0. The molecular weight excluding hydrogens is 236 g/mol. The van der Waals surface area contributed by atoms with Gasteiger partial charge in [0.1, 0.15) is 0 Å². The Morgan fingerprint density at radius 2 is 1.75 bits per heavy atom. The topological polar surface area (TPSA) is 47.6 Å². The van der Waals surface area contributed by atoms with Gasteiger partial charge in [-0.25, -0.2) is 0 Å². The van der Waals surface area contributed by atoms with Crippen LogP contribution in [0.1, 0.15) is 9.75 Å². The molecule has 0 saturated carbocycles. The van der Waals surface area contributed by atoms with E-state index < -0.39 is 5.41 Å². The number of hydrogen-bond donors (Lipinski definition) is 0. The molecule has 2 nitrogen and oxygen atoms in total. The number of nitrogens with zero attached hydrogens (tertiary/aromatic N) is 2. The Morgan fingerprint density at radius 3 is 2.25 bits per heavy atom. The summed E-state index contributed by atoms with van der Waals surface area (Å²) in [4.78, 5) is 1.89. The van der Waals surface area contributed by atoms with Crippen LogP contribution in [-0.2, 0) is 11.8 Å². The minimum Gasteiger partial charge on any atom is -0.196 e. The van der Waals surface area contributed by atoms with Crippen molar-refractivity contribution >= 4 is 22.7 Å². The predicted molar refractivity (Wildman–Crippen MR) is 65.2 cm³/mol. The molecule has 16 heavy (non-hydrogen) atoms. The summed E-state index contributed by atoms with van der Waals surface area (Å²) in [6.45, 7) is 0. The van der Waals surface area contributed by atoms with Crippen LogP contribution in [0.3, 0.4) is 0 Å². The van der Waals surface area contributed by atoms with Gasteiger partial charge in [-0.05, 0) is 22.9 Å². The highest BCUT2D eigenvalue weighted by atomic mass is 32.1. The van der Waals surface area contributed by atoms with Gasteiger partial charge in [0.2, 0.25) is 0 Å². The molecule has 0 amide bonds. The Morgan fingerprint density at radius 1 is 1.06 bits per heavy atom. The maximum Gasteiger partial charge on any atom is 0.182 e. The molecule has 0 saturated heterocycles. The molecule has 0 bridgehead atoms. The van der Waals surface area contributed by atoms with E-state index in [0.29, 0.717) is 6.42 Å². The van der Waals surface area contributed by atoms with E-state index in [1.807, 2.05) is 35.0 Å². The number of rotatable bonds is 3. The zero-order valence-corrected chi connectivity index (χ0v) is 10.0. The van der Waals surface area contributed by atoms with Crippen LogP contribution in [0, 0.1) is 22.7 Å². The monoisotopic (exact) mass is 244 g/mol. The smallest absolute Gasteiger partial charge is 0.182 e. The van der Waals surface area contributed by atoms with Gasteiger partial charge in [-0.3, -0.25) is 0 Å². The van der Waals surface area contributed by atoms with E-state index in [2.05, 4.69) is 12.1 Å². The molecule has 0 aromatic carbocycles. The van der Waals surface area contributed by atoms with Crippen LogP contribution in [0.2, 0.25) is 0 Å². The van der Waals surface area contributed by atoms with E-state index in [1.54, 1.807) is 11.3 Å². The van der Waals surface area contributed by atoms with Gasteiger partial charge in [-0.15, -0.1) is 22.7 Å². The van der Waals surface area contributed by atoms with Crippen molar-refractivity contribution in [3.63, 3.8) is 0 Å². The Balaban J connectivity index is 2.38. The first-order valence-electron chi connectivity index (χ1n) is 4.69. The van der Waals surface area contributed by atoms with Crippen LogP contribution in [0.5, 0.6) is 0 Å². The van der Waals surface area contributed by atoms with E-state index in [1.165, 1.54) is 11.3 Å². The fraction of sp³-hybridized carbons (Fsp3) is 0.167. The van der Waals surface area contributed by atoms with Crippen LogP contribution in [0.4, 0.5) is 0 Å². The molecule has 0 N–H and O–H groups in total. The molecule has 0 radical (unpaired) electrons. The van der Waals surface area contributed by atoms with Crippen LogP contribution < -0.4 is 0 Å². The van der Waals surface area contributed by atoms with Crippen molar-refractivity contribution in [1.29, 1.82) is 10.5 Å². The van der Waals surface area contributed by atoms with Crippen LogP contribution in [-0.4, -0.2) is 0 Å². The minimum atomic E-state index is -1.03. The second-order valence-corrected chi connectivity index (χ2v) is 5.34. The molecule has 0 atom stereocenters. The quantitative estimate of drug-likeness (QED) is 0.831. The van der Waals surface area contributed by atoms with Crippen molar-refractivity contribution in [2.45, 2.75) is 11.8 Å². The largest absolute Gasteiger partial charge is 0.196 e. The summed E-state index contributed by atoms with van der Waals surface area (Å²) in [5, 5.41) is 22.4. The van der Waals surface area contributed by atoms with Gasteiger partial charge in [0.05, 0.1) is 12.1 Å². The minimum absolute atomic E-state index is 0.470. The molecule has 2 aromatic rings. The average Bonchev–Trinajstić information content (AvgIpc) is 2.99. The van der Waals surface area contributed by atoms with Crippen LogP contribution >= 0.6 is 22.7 Å². The second-order valence-electron chi connectivity index (χ2n) is 3.36. The highest BCUT2D eigenvalue weighted by Crippen LogP contribution is 2.32. The van der Waals surface area contributed by atoms with Gasteiger partial charge in [0.15, 0.2) is 5.41 Å². The van der Waals surface area contributed by atoms with Gasteiger partial charge < -0.3 is 0 Å². The highest BCUT2D eigenvalue weighted by molar-refractivity contribution is 7.10. The molecular formula is C12H8N2S2. The number of thiophene rings is 2. The van der Waals surface area contributed by atoms with E-state index in [9.17, 15) is 10.5 Å². The number of hydrogen-bond acceptors (Lipinski definition) is 4. The van der Waals surface area contributed by atoms with Crippen molar-refractivity contribution in [3.8, 4) is 12.1 Å². The van der Waals surface area contributed by atoms with Gasteiger partial charge in [0.25, 0.3) is 0 Å². The second kappa shape index (κ2) is 4.49. The first-order chi connectivity index (χ1) is 7.80. The third kappa shape index (κ3) is 1.86. The molecule has 0 unspecified atom stereocenters. The van der Waals surface area contributed by atoms with Crippen LogP contribution in [0.15, 0.2) is 35.0 Å². The van der Waals surface area contributed by atoms with E-state index >= 15 is 0 Å². The van der Waals surface area contributed by atoms with Gasteiger partial charge >= 0.3 is 0 Å². The summed E-state index contributed by atoms with van der Waals surface area (Å²) in [5.41, 5.74) is -1.03. The average molecular weight is 244 g/mol. The summed E-state index contributed by atoms with van der Waals surface area (Å²) >= 11 is 3.04. The fourth-order valence-corrected chi connectivity index (χ4v) is 3.11. The lowest BCUT2D eigenvalue weighted by Crippen LogP contribution is -2.23. The van der Waals surface area contributed by atoms with Crippen molar-refractivity contribution in [1.82, 2.24) is 0 Å². The Hall–Kier alpha value is -1.62. The van der Waals surface area contributed by atoms with Gasteiger partial charge in [-0.2, -0.15) is 10.5 Å². The van der Waals surface area contributed by atoms with E-state index in [-0.39, 0.29) is 0 Å². The van der Waals surface area contributed by atoms with E-state index in [4.69, 9.17) is 0 Å².